The molecule has 0 heterocycles. The summed E-state index contributed by atoms with van der Waals surface area (Å²) in [5, 5.41) is 15.6. The molecular formula is C24H21BrClN3O6. The molecule has 0 aliphatic carbocycles. The van der Waals surface area contributed by atoms with Gasteiger partial charge >= 0.3 is 0 Å². The van der Waals surface area contributed by atoms with Crippen LogP contribution in [-0.4, -0.2) is 30.8 Å². The lowest BCUT2D eigenvalue weighted by molar-refractivity contribution is -0.384. The first-order chi connectivity index (χ1) is 16.8. The molecule has 0 aliphatic heterocycles. The van der Waals surface area contributed by atoms with Crippen LogP contribution < -0.4 is 19.6 Å². The molecule has 0 saturated heterocycles. The lowest BCUT2D eigenvalue weighted by Gasteiger charge is -2.15. The molecular weight excluding hydrogens is 542 g/mol. The van der Waals surface area contributed by atoms with Crippen LogP contribution >= 0.6 is 27.5 Å². The minimum Gasteiger partial charge on any atom is -0.496 e. The number of rotatable bonds is 10. The number of nitro benzene ring substituents is 1. The molecule has 35 heavy (non-hydrogen) atoms. The maximum absolute atomic E-state index is 12.5. The summed E-state index contributed by atoms with van der Waals surface area (Å²) in [7, 11) is 1.36. The molecule has 3 aromatic rings. The van der Waals surface area contributed by atoms with E-state index in [1.807, 2.05) is 25.1 Å². The number of hydrogen-bond acceptors (Lipinski definition) is 7. The Labute approximate surface area is 214 Å². The van der Waals surface area contributed by atoms with Gasteiger partial charge in [0.15, 0.2) is 11.5 Å². The first kappa shape index (κ1) is 26.0. The van der Waals surface area contributed by atoms with E-state index in [0.29, 0.717) is 33.2 Å². The van der Waals surface area contributed by atoms with Gasteiger partial charge in [-0.1, -0.05) is 29.8 Å². The van der Waals surface area contributed by atoms with Gasteiger partial charge in [0.2, 0.25) is 0 Å². The van der Waals surface area contributed by atoms with Gasteiger partial charge in [-0.2, -0.15) is 5.10 Å². The van der Waals surface area contributed by atoms with Crippen molar-refractivity contribution in [3.8, 4) is 17.2 Å². The highest BCUT2D eigenvalue weighted by molar-refractivity contribution is 9.10. The van der Waals surface area contributed by atoms with E-state index < -0.39 is 10.8 Å². The summed E-state index contributed by atoms with van der Waals surface area (Å²) in [5.41, 5.74) is 3.53. The van der Waals surface area contributed by atoms with Crippen molar-refractivity contribution >= 4 is 45.3 Å². The number of nitro groups is 1. The van der Waals surface area contributed by atoms with Gasteiger partial charge in [-0.3, -0.25) is 14.9 Å². The molecule has 3 rings (SSSR count). The SMILES string of the molecule is CCOc1cc(/C=N\NC(=O)c2cc([N+](=O)[O-])ccc2OC)cc(Br)c1OCc1ccccc1Cl. The van der Waals surface area contributed by atoms with Gasteiger partial charge in [0, 0.05) is 22.7 Å². The molecule has 9 nitrogen and oxygen atoms in total. The van der Waals surface area contributed by atoms with Gasteiger partial charge < -0.3 is 14.2 Å². The number of hydrogen-bond donors (Lipinski definition) is 1. The molecule has 0 spiro atoms. The number of ether oxygens (including phenoxy) is 3. The number of hydrazone groups is 1. The Morgan fingerprint density at radius 1 is 1.17 bits per heavy atom. The first-order valence-corrected chi connectivity index (χ1v) is 11.5. The second-order valence-corrected chi connectivity index (χ2v) is 8.25. The number of methoxy groups -OCH3 is 1. The fourth-order valence-corrected chi connectivity index (χ4v) is 3.81. The molecule has 3 aromatic carbocycles. The van der Waals surface area contributed by atoms with Crippen molar-refractivity contribution in [2.45, 2.75) is 13.5 Å². The summed E-state index contributed by atoms with van der Waals surface area (Å²) in [6, 6.07) is 14.6. The average Bonchev–Trinajstić information content (AvgIpc) is 2.84. The molecule has 0 atom stereocenters. The smallest absolute Gasteiger partial charge is 0.275 e. The van der Waals surface area contributed by atoms with E-state index in [9.17, 15) is 14.9 Å². The lowest BCUT2D eigenvalue weighted by atomic mass is 10.1. The Morgan fingerprint density at radius 2 is 1.94 bits per heavy atom. The summed E-state index contributed by atoms with van der Waals surface area (Å²) < 4.78 is 17.4. The van der Waals surface area contributed by atoms with Crippen LogP contribution in [0.3, 0.4) is 0 Å². The zero-order valence-corrected chi connectivity index (χ0v) is 21.1. The second-order valence-electron chi connectivity index (χ2n) is 6.98. The van der Waals surface area contributed by atoms with Gasteiger partial charge in [-0.05, 0) is 52.7 Å². The van der Waals surface area contributed by atoms with Crippen LogP contribution in [0.4, 0.5) is 5.69 Å². The predicted molar refractivity (Wildman–Crippen MR) is 136 cm³/mol. The zero-order valence-electron chi connectivity index (χ0n) is 18.8. The average molecular weight is 563 g/mol. The highest BCUT2D eigenvalue weighted by Crippen LogP contribution is 2.37. The van der Waals surface area contributed by atoms with Gasteiger partial charge in [-0.25, -0.2) is 5.43 Å². The molecule has 0 saturated carbocycles. The van der Waals surface area contributed by atoms with E-state index in [0.717, 1.165) is 11.6 Å². The number of nitrogens with zero attached hydrogens (tertiary/aromatic N) is 2. The summed E-state index contributed by atoms with van der Waals surface area (Å²) in [5.74, 6) is 0.492. The number of carbonyl (C=O) groups is 1. The number of carbonyl (C=O) groups excluding carboxylic acids is 1. The Hall–Kier alpha value is -3.63. The molecule has 0 unspecified atom stereocenters. The molecule has 11 heteroatoms. The highest BCUT2D eigenvalue weighted by atomic mass is 79.9. The van der Waals surface area contributed by atoms with Crippen LogP contribution in [-0.2, 0) is 6.61 Å². The molecule has 0 fully saturated rings. The first-order valence-electron chi connectivity index (χ1n) is 10.3. The molecule has 1 amide bonds. The lowest BCUT2D eigenvalue weighted by Crippen LogP contribution is -2.18. The van der Waals surface area contributed by atoms with E-state index in [1.54, 1.807) is 18.2 Å². The number of halogens is 2. The summed E-state index contributed by atoms with van der Waals surface area (Å²) in [4.78, 5) is 23.0. The highest BCUT2D eigenvalue weighted by Gasteiger charge is 2.17. The third-order valence-corrected chi connectivity index (χ3v) is 5.64. The summed E-state index contributed by atoms with van der Waals surface area (Å²) in [6.45, 7) is 2.49. The van der Waals surface area contributed by atoms with Crippen molar-refractivity contribution in [2.24, 2.45) is 5.10 Å². The second kappa shape index (κ2) is 12.2. The van der Waals surface area contributed by atoms with Crippen molar-refractivity contribution in [3.63, 3.8) is 0 Å². The fourth-order valence-electron chi connectivity index (χ4n) is 3.04. The molecule has 0 aliphatic rings. The van der Waals surface area contributed by atoms with Crippen LogP contribution in [0.5, 0.6) is 17.2 Å². The summed E-state index contributed by atoms with van der Waals surface area (Å²) >= 11 is 9.70. The normalized spacial score (nSPS) is 10.7. The van der Waals surface area contributed by atoms with E-state index in [2.05, 4.69) is 26.5 Å². The standard InChI is InChI=1S/C24H21BrClN3O6/c1-3-34-22-11-15(10-19(25)23(22)35-14-16-6-4-5-7-20(16)26)13-27-28-24(30)18-12-17(29(31)32)8-9-21(18)33-2/h4-13H,3,14H2,1-2H3,(H,28,30)/b27-13-. The van der Waals surface area contributed by atoms with Crippen molar-refractivity contribution in [1.82, 2.24) is 5.43 Å². The van der Waals surface area contributed by atoms with Gasteiger partial charge in [0.05, 0.1) is 34.9 Å². The largest absolute Gasteiger partial charge is 0.496 e. The minimum absolute atomic E-state index is 0.0154. The molecule has 0 bridgehead atoms. The third-order valence-electron chi connectivity index (χ3n) is 4.68. The molecule has 0 radical (unpaired) electrons. The quantitative estimate of drug-likeness (QED) is 0.191. The molecule has 182 valence electrons. The van der Waals surface area contributed by atoms with Crippen LogP contribution in [0.25, 0.3) is 0 Å². The van der Waals surface area contributed by atoms with E-state index in [1.165, 1.54) is 25.5 Å². The van der Waals surface area contributed by atoms with Crippen LogP contribution in [0.15, 0.2) is 64.2 Å². The maximum atomic E-state index is 12.5. The molecule has 1 N–H and O–H groups in total. The topological polar surface area (TPSA) is 112 Å². The predicted octanol–water partition coefficient (Wildman–Crippen LogP) is 5.76. The Bertz CT molecular complexity index is 1270. The van der Waals surface area contributed by atoms with Crippen molar-refractivity contribution in [1.29, 1.82) is 0 Å². The van der Waals surface area contributed by atoms with E-state index in [4.69, 9.17) is 25.8 Å². The Balaban J connectivity index is 1.77. The monoisotopic (exact) mass is 561 g/mol. The van der Waals surface area contributed by atoms with Gasteiger partial charge in [0.1, 0.15) is 12.4 Å². The fraction of sp³-hybridized carbons (Fsp3) is 0.167. The summed E-state index contributed by atoms with van der Waals surface area (Å²) in [6.07, 6.45) is 1.41. The van der Waals surface area contributed by atoms with Crippen molar-refractivity contribution in [2.75, 3.05) is 13.7 Å². The number of amides is 1. The third kappa shape index (κ3) is 6.71. The zero-order chi connectivity index (χ0) is 25.4. The Morgan fingerprint density at radius 3 is 2.63 bits per heavy atom. The van der Waals surface area contributed by atoms with E-state index in [-0.39, 0.29) is 23.6 Å². The van der Waals surface area contributed by atoms with Crippen molar-refractivity contribution in [3.05, 3.63) is 90.9 Å². The number of non-ortho nitro benzene ring substituents is 1. The van der Waals surface area contributed by atoms with Gasteiger partial charge in [0.25, 0.3) is 11.6 Å². The molecule has 0 aromatic heterocycles. The maximum Gasteiger partial charge on any atom is 0.275 e. The number of benzene rings is 3. The van der Waals surface area contributed by atoms with Crippen LogP contribution in [0.2, 0.25) is 5.02 Å². The Kier molecular flexibility index (Phi) is 9.04. The van der Waals surface area contributed by atoms with E-state index >= 15 is 0 Å². The minimum atomic E-state index is -0.661. The van der Waals surface area contributed by atoms with Crippen molar-refractivity contribution < 1.29 is 23.9 Å². The number of nitrogens with one attached hydrogen (secondary N) is 1. The van der Waals surface area contributed by atoms with Crippen LogP contribution in [0.1, 0.15) is 28.4 Å². The van der Waals surface area contributed by atoms with Crippen LogP contribution in [0, 0.1) is 10.1 Å². The van der Waals surface area contributed by atoms with Gasteiger partial charge in [-0.15, -0.1) is 0 Å².